The SMILES string of the molecule is Cn1c(NC2CCN(c3ccc(F)c(Cl)c3)C2)c(C#N)c(=O)n(C)c1=O. The lowest BCUT2D eigenvalue weighted by Gasteiger charge is -2.21. The fraction of sp³-hybridized carbons (Fsp3) is 0.353. The van der Waals surface area contributed by atoms with Crippen LogP contribution in [0.25, 0.3) is 0 Å². The predicted molar refractivity (Wildman–Crippen MR) is 97.3 cm³/mol. The molecular weight excluding hydrogens is 361 g/mol. The molecule has 1 N–H and O–H groups in total. The highest BCUT2D eigenvalue weighted by Crippen LogP contribution is 2.26. The molecule has 0 spiro atoms. The van der Waals surface area contributed by atoms with Crippen LogP contribution in [0.1, 0.15) is 12.0 Å². The molecular formula is C17H17ClFN5O2. The van der Waals surface area contributed by atoms with Crippen molar-refractivity contribution in [2.75, 3.05) is 23.3 Å². The van der Waals surface area contributed by atoms with Gasteiger partial charge in [-0.1, -0.05) is 11.6 Å². The van der Waals surface area contributed by atoms with Gasteiger partial charge in [0.25, 0.3) is 5.56 Å². The fourth-order valence-corrected chi connectivity index (χ4v) is 3.28. The molecule has 1 aliphatic heterocycles. The van der Waals surface area contributed by atoms with Gasteiger partial charge >= 0.3 is 5.69 Å². The Morgan fingerprint density at radius 2 is 2.04 bits per heavy atom. The number of nitrogens with one attached hydrogen (secondary N) is 1. The maximum atomic E-state index is 13.3. The van der Waals surface area contributed by atoms with Gasteiger partial charge in [-0.2, -0.15) is 5.26 Å². The van der Waals surface area contributed by atoms with Crippen molar-refractivity contribution in [2.24, 2.45) is 14.1 Å². The van der Waals surface area contributed by atoms with E-state index in [1.165, 1.54) is 24.7 Å². The Kier molecular flexibility index (Phi) is 4.74. The minimum atomic E-state index is -0.627. The molecule has 0 bridgehead atoms. The van der Waals surface area contributed by atoms with Gasteiger partial charge in [-0.3, -0.25) is 13.9 Å². The highest BCUT2D eigenvalue weighted by atomic mass is 35.5. The molecule has 0 saturated carbocycles. The molecule has 0 amide bonds. The highest BCUT2D eigenvalue weighted by Gasteiger charge is 2.26. The number of halogens is 2. The van der Waals surface area contributed by atoms with Gasteiger partial charge in [0, 0.05) is 38.9 Å². The molecule has 0 aliphatic carbocycles. The average molecular weight is 378 g/mol. The van der Waals surface area contributed by atoms with E-state index >= 15 is 0 Å². The van der Waals surface area contributed by atoms with E-state index in [0.717, 1.165) is 16.7 Å². The van der Waals surface area contributed by atoms with E-state index in [-0.39, 0.29) is 22.4 Å². The molecule has 1 saturated heterocycles. The van der Waals surface area contributed by atoms with E-state index in [0.29, 0.717) is 13.1 Å². The number of aromatic nitrogens is 2. The van der Waals surface area contributed by atoms with E-state index in [4.69, 9.17) is 11.6 Å². The molecule has 136 valence electrons. The van der Waals surface area contributed by atoms with Crippen LogP contribution >= 0.6 is 11.6 Å². The Morgan fingerprint density at radius 1 is 1.31 bits per heavy atom. The topological polar surface area (TPSA) is 83.1 Å². The Bertz CT molecular complexity index is 1020. The van der Waals surface area contributed by atoms with Gasteiger partial charge in [-0.15, -0.1) is 0 Å². The zero-order valence-electron chi connectivity index (χ0n) is 14.3. The summed E-state index contributed by atoms with van der Waals surface area (Å²) in [7, 11) is 2.85. The first kappa shape index (κ1) is 18.0. The van der Waals surface area contributed by atoms with Crippen LogP contribution in [0.5, 0.6) is 0 Å². The summed E-state index contributed by atoms with van der Waals surface area (Å²) in [6.45, 7) is 1.26. The smallest absolute Gasteiger partial charge is 0.332 e. The van der Waals surface area contributed by atoms with Crippen LogP contribution in [0.4, 0.5) is 15.9 Å². The van der Waals surface area contributed by atoms with E-state index in [9.17, 15) is 19.2 Å². The van der Waals surface area contributed by atoms with Crippen LogP contribution in [0.3, 0.4) is 0 Å². The molecule has 26 heavy (non-hydrogen) atoms. The zero-order chi connectivity index (χ0) is 19.0. The van der Waals surface area contributed by atoms with Crippen LogP contribution in [-0.2, 0) is 14.1 Å². The van der Waals surface area contributed by atoms with Crippen molar-refractivity contribution in [3.05, 3.63) is 55.4 Å². The summed E-state index contributed by atoms with van der Waals surface area (Å²) >= 11 is 5.84. The molecule has 9 heteroatoms. The van der Waals surface area contributed by atoms with E-state index in [1.54, 1.807) is 12.1 Å². The molecule has 2 heterocycles. The Labute approximate surface area is 153 Å². The van der Waals surface area contributed by atoms with Gasteiger partial charge in [0.05, 0.1) is 5.02 Å². The van der Waals surface area contributed by atoms with Crippen molar-refractivity contribution in [1.29, 1.82) is 5.26 Å². The van der Waals surface area contributed by atoms with Crippen LogP contribution in [0, 0.1) is 17.1 Å². The van der Waals surface area contributed by atoms with Gasteiger partial charge in [0.1, 0.15) is 17.7 Å². The summed E-state index contributed by atoms with van der Waals surface area (Å²) in [4.78, 5) is 26.3. The third-order valence-corrected chi connectivity index (χ3v) is 4.86. The summed E-state index contributed by atoms with van der Waals surface area (Å²) in [5, 5.41) is 12.5. The number of anilines is 2. The summed E-state index contributed by atoms with van der Waals surface area (Å²) in [5.74, 6) is -0.261. The maximum Gasteiger partial charge on any atom is 0.332 e. The van der Waals surface area contributed by atoms with Gasteiger partial charge in [-0.05, 0) is 24.6 Å². The first-order valence-electron chi connectivity index (χ1n) is 8.00. The number of benzene rings is 1. The van der Waals surface area contributed by atoms with Crippen molar-refractivity contribution in [1.82, 2.24) is 9.13 Å². The normalized spacial score (nSPS) is 16.6. The van der Waals surface area contributed by atoms with Gasteiger partial charge in [0.2, 0.25) is 0 Å². The van der Waals surface area contributed by atoms with Crippen molar-refractivity contribution in [3.8, 4) is 6.07 Å². The first-order chi connectivity index (χ1) is 12.3. The largest absolute Gasteiger partial charge is 0.369 e. The number of nitrogens with zero attached hydrogens (tertiary/aromatic N) is 4. The second-order valence-corrected chi connectivity index (χ2v) is 6.62. The molecule has 3 rings (SSSR count). The number of rotatable bonds is 3. The maximum absolute atomic E-state index is 13.3. The number of hydrogen-bond donors (Lipinski definition) is 1. The third kappa shape index (κ3) is 3.06. The monoisotopic (exact) mass is 377 g/mol. The fourth-order valence-electron chi connectivity index (χ4n) is 3.10. The van der Waals surface area contributed by atoms with Gasteiger partial charge in [0.15, 0.2) is 5.56 Å². The summed E-state index contributed by atoms with van der Waals surface area (Å²) < 4.78 is 15.5. The molecule has 1 aromatic carbocycles. The van der Waals surface area contributed by atoms with Crippen molar-refractivity contribution in [3.63, 3.8) is 0 Å². The molecule has 1 atom stereocenters. The summed E-state index contributed by atoms with van der Waals surface area (Å²) in [6, 6.07) is 6.33. The molecule has 1 unspecified atom stereocenters. The first-order valence-corrected chi connectivity index (χ1v) is 8.38. The molecule has 1 fully saturated rings. The lowest BCUT2D eigenvalue weighted by Crippen LogP contribution is -2.41. The average Bonchev–Trinajstić information content (AvgIpc) is 3.09. The minimum Gasteiger partial charge on any atom is -0.369 e. The van der Waals surface area contributed by atoms with E-state index in [2.05, 4.69) is 5.32 Å². The van der Waals surface area contributed by atoms with Crippen LogP contribution in [0.2, 0.25) is 5.02 Å². The third-order valence-electron chi connectivity index (χ3n) is 4.57. The van der Waals surface area contributed by atoms with Gasteiger partial charge in [-0.25, -0.2) is 9.18 Å². The van der Waals surface area contributed by atoms with Crippen LogP contribution in [0.15, 0.2) is 27.8 Å². The Hall–Kier alpha value is -2.79. The standard InChI is InChI=1S/C17H17ClFN5O2/c1-22-15(12(8-20)16(25)23(2)17(22)26)21-10-5-6-24(9-10)11-3-4-14(19)13(18)7-11/h3-4,7,10,21H,5-6,9H2,1-2H3. The molecule has 1 aromatic heterocycles. The highest BCUT2D eigenvalue weighted by molar-refractivity contribution is 6.31. The molecule has 0 radical (unpaired) electrons. The lowest BCUT2D eigenvalue weighted by molar-refractivity contribution is 0.628. The van der Waals surface area contributed by atoms with Crippen molar-refractivity contribution >= 4 is 23.1 Å². The Morgan fingerprint density at radius 3 is 2.69 bits per heavy atom. The summed E-state index contributed by atoms with van der Waals surface area (Å²) in [5.41, 5.74) is -0.438. The number of hydrogen-bond acceptors (Lipinski definition) is 5. The van der Waals surface area contributed by atoms with Crippen LogP contribution < -0.4 is 21.5 Å². The second-order valence-electron chi connectivity index (χ2n) is 6.22. The van der Waals surface area contributed by atoms with Crippen LogP contribution in [-0.4, -0.2) is 28.3 Å². The summed E-state index contributed by atoms with van der Waals surface area (Å²) in [6.07, 6.45) is 0.725. The van der Waals surface area contributed by atoms with Gasteiger partial charge < -0.3 is 10.2 Å². The van der Waals surface area contributed by atoms with E-state index < -0.39 is 17.1 Å². The van der Waals surface area contributed by atoms with Crippen molar-refractivity contribution in [2.45, 2.75) is 12.5 Å². The van der Waals surface area contributed by atoms with E-state index in [1.807, 2.05) is 11.0 Å². The predicted octanol–water partition coefficient (Wildman–Crippen LogP) is 1.44. The molecule has 7 nitrogen and oxygen atoms in total. The van der Waals surface area contributed by atoms with Crippen molar-refractivity contribution < 1.29 is 4.39 Å². The molecule has 1 aliphatic rings. The Balaban J connectivity index is 1.86. The lowest BCUT2D eigenvalue weighted by atomic mass is 10.2. The number of nitriles is 1. The molecule has 2 aromatic rings. The second kappa shape index (κ2) is 6.84. The quantitative estimate of drug-likeness (QED) is 0.875. The minimum absolute atomic E-state index is 0.0552. The zero-order valence-corrected chi connectivity index (χ0v) is 15.0.